The van der Waals surface area contributed by atoms with Crippen LogP contribution in [0.5, 0.6) is 0 Å². The molecule has 12 heavy (non-hydrogen) atoms. The van der Waals surface area contributed by atoms with Crippen molar-refractivity contribution in [2.24, 2.45) is 0 Å². The van der Waals surface area contributed by atoms with Crippen LogP contribution in [0.25, 0.3) is 0 Å². The molecular weight excluding hydrogens is 154 g/mol. The van der Waals surface area contributed by atoms with Crippen molar-refractivity contribution in [3.05, 3.63) is 0 Å². The van der Waals surface area contributed by atoms with Gasteiger partial charge in [0.1, 0.15) is 0 Å². The summed E-state index contributed by atoms with van der Waals surface area (Å²) in [5.41, 5.74) is -0.106. The van der Waals surface area contributed by atoms with Crippen molar-refractivity contribution >= 4 is 5.91 Å². The molecule has 1 unspecified atom stereocenters. The summed E-state index contributed by atoms with van der Waals surface area (Å²) < 4.78 is 5.52. The summed E-state index contributed by atoms with van der Waals surface area (Å²) >= 11 is 0. The smallest absolute Gasteiger partial charge is 0.219 e. The van der Waals surface area contributed by atoms with Crippen molar-refractivity contribution in [1.29, 1.82) is 0 Å². The normalized spacial score (nSPS) is 28.8. The van der Waals surface area contributed by atoms with Gasteiger partial charge in [-0.1, -0.05) is 6.92 Å². The molecule has 1 saturated heterocycles. The maximum absolute atomic E-state index is 10.9. The summed E-state index contributed by atoms with van der Waals surface area (Å²) in [7, 11) is 0. The van der Waals surface area contributed by atoms with Crippen LogP contribution in [0, 0.1) is 0 Å². The van der Waals surface area contributed by atoms with Crippen molar-refractivity contribution < 1.29 is 9.53 Å². The molecule has 0 radical (unpaired) electrons. The van der Waals surface area contributed by atoms with Gasteiger partial charge in [0.05, 0.1) is 5.60 Å². The molecule has 1 aliphatic rings. The minimum Gasteiger partial charge on any atom is -0.373 e. The molecular formula is C9H17NO2. The van der Waals surface area contributed by atoms with Crippen LogP contribution >= 0.6 is 0 Å². The lowest BCUT2D eigenvalue weighted by molar-refractivity contribution is -0.122. The first-order chi connectivity index (χ1) is 5.66. The second kappa shape index (κ2) is 3.90. The van der Waals surface area contributed by atoms with Crippen molar-refractivity contribution in [2.75, 3.05) is 13.2 Å². The molecule has 0 aliphatic carbocycles. The molecule has 3 heteroatoms. The number of nitrogens with one attached hydrogen (secondary N) is 1. The minimum atomic E-state index is -0.106. The van der Waals surface area contributed by atoms with Crippen LogP contribution in [-0.2, 0) is 9.53 Å². The Morgan fingerprint density at radius 1 is 1.67 bits per heavy atom. The lowest BCUT2D eigenvalue weighted by Gasteiger charge is -2.23. The summed E-state index contributed by atoms with van der Waals surface area (Å²) in [6.45, 7) is 5.39. The Balaban J connectivity index is 2.25. The lowest BCUT2D eigenvalue weighted by atomic mass is 10.0. The van der Waals surface area contributed by atoms with E-state index in [1.54, 1.807) is 0 Å². The summed E-state index contributed by atoms with van der Waals surface area (Å²) in [5, 5.41) is 2.85. The van der Waals surface area contributed by atoms with Gasteiger partial charge in [-0.3, -0.25) is 4.79 Å². The van der Waals surface area contributed by atoms with E-state index in [9.17, 15) is 4.79 Å². The van der Waals surface area contributed by atoms with Gasteiger partial charge in [0.2, 0.25) is 5.91 Å². The van der Waals surface area contributed by atoms with E-state index in [1.807, 2.05) is 6.92 Å². The lowest BCUT2D eigenvalue weighted by Crippen LogP contribution is -2.39. The molecule has 1 heterocycles. The topological polar surface area (TPSA) is 38.3 Å². The highest BCUT2D eigenvalue weighted by molar-refractivity contribution is 5.75. The van der Waals surface area contributed by atoms with Gasteiger partial charge in [-0.15, -0.1) is 0 Å². The third-order valence-corrected chi connectivity index (χ3v) is 2.28. The molecule has 1 fully saturated rings. The van der Waals surface area contributed by atoms with Crippen molar-refractivity contribution in [2.45, 2.75) is 38.7 Å². The Morgan fingerprint density at radius 3 is 2.92 bits per heavy atom. The highest BCUT2D eigenvalue weighted by Crippen LogP contribution is 2.23. The molecule has 0 saturated carbocycles. The number of ether oxygens (including phenoxy) is 1. The first-order valence-electron chi connectivity index (χ1n) is 4.57. The average molecular weight is 171 g/mol. The van der Waals surface area contributed by atoms with Crippen LogP contribution in [0.15, 0.2) is 0 Å². The molecule has 3 nitrogen and oxygen atoms in total. The van der Waals surface area contributed by atoms with Gasteiger partial charge in [0, 0.05) is 19.6 Å². The van der Waals surface area contributed by atoms with E-state index < -0.39 is 0 Å². The second-order valence-corrected chi connectivity index (χ2v) is 3.53. The zero-order chi connectivity index (χ0) is 9.03. The molecule has 0 aromatic heterocycles. The Hall–Kier alpha value is -0.570. The number of carbonyl (C=O) groups excluding carboxylic acids is 1. The maximum atomic E-state index is 10.9. The quantitative estimate of drug-likeness (QED) is 0.690. The molecule has 0 bridgehead atoms. The van der Waals surface area contributed by atoms with E-state index in [0.29, 0.717) is 13.0 Å². The van der Waals surface area contributed by atoms with Crippen molar-refractivity contribution in [3.63, 3.8) is 0 Å². The van der Waals surface area contributed by atoms with Crippen LogP contribution < -0.4 is 5.32 Å². The standard InChI is InChI=1S/C9H17NO2/c1-3-8(11)10-7-9(2)5-4-6-12-9/h3-7H2,1-2H3,(H,10,11). The molecule has 1 amide bonds. The third kappa shape index (κ3) is 2.48. The summed E-state index contributed by atoms with van der Waals surface area (Å²) in [5.74, 6) is 0.103. The molecule has 70 valence electrons. The molecule has 1 atom stereocenters. The monoisotopic (exact) mass is 171 g/mol. The molecule has 0 spiro atoms. The van der Waals surface area contributed by atoms with Gasteiger partial charge in [-0.2, -0.15) is 0 Å². The fourth-order valence-corrected chi connectivity index (χ4v) is 1.39. The number of amides is 1. The number of hydrogen-bond donors (Lipinski definition) is 1. The summed E-state index contributed by atoms with van der Waals surface area (Å²) in [6, 6.07) is 0. The van der Waals surface area contributed by atoms with Gasteiger partial charge < -0.3 is 10.1 Å². The molecule has 1 N–H and O–H groups in total. The Kier molecular flexibility index (Phi) is 3.09. The van der Waals surface area contributed by atoms with Crippen LogP contribution in [0.1, 0.15) is 33.1 Å². The zero-order valence-electron chi connectivity index (χ0n) is 7.85. The second-order valence-electron chi connectivity index (χ2n) is 3.53. The first kappa shape index (κ1) is 9.52. The summed E-state index contributed by atoms with van der Waals surface area (Å²) in [4.78, 5) is 10.9. The van der Waals surface area contributed by atoms with E-state index in [0.717, 1.165) is 19.4 Å². The van der Waals surface area contributed by atoms with Gasteiger partial charge in [-0.25, -0.2) is 0 Å². The number of hydrogen-bond acceptors (Lipinski definition) is 2. The number of carbonyl (C=O) groups is 1. The zero-order valence-corrected chi connectivity index (χ0v) is 7.85. The maximum Gasteiger partial charge on any atom is 0.219 e. The van der Waals surface area contributed by atoms with E-state index in [-0.39, 0.29) is 11.5 Å². The summed E-state index contributed by atoms with van der Waals surface area (Å²) in [6.07, 6.45) is 2.71. The van der Waals surface area contributed by atoms with Gasteiger partial charge in [0.15, 0.2) is 0 Å². The van der Waals surface area contributed by atoms with E-state index in [1.165, 1.54) is 0 Å². The van der Waals surface area contributed by atoms with Crippen molar-refractivity contribution in [1.82, 2.24) is 5.32 Å². The van der Waals surface area contributed by atoms with Crippen LogP contribution in [0.4, 0.5) is 0 Å². The third-order valence-electron chi connectivity index (χ3n) is 2.28. The van der Waals surface area contributed by atoms with Gasteiger partial charge >= 0.3 is 0 Å². The minimum absolute atomic E-state index is 0.103. The SMILES string of the molecule is CCC(=O)NCC1(C)CCCO1. The molecule has 0 aromatic carbocycles. The molecule has 1 aliphatic heterocycles. The highest BCUT2D eigenvalue weighted by atomic mass is 16.5. The van der Waals surface area contributed by atoms with Crippen LogP contribution in [-0.4, -0.2) is 24.7 Å². The van der Waals surface area contributed by atoms with E-state index >= 15 is 0 Å². The average Bonchev–Trinajstić information content (AvgIpc) is 2.49. The van der Waals surface area contributed by atoms with Crippen LogP contribution in [0.2, 0.25) is 0 Å². The Morgan fingerprint density at radius 2 is 2.42 bits per heavy atom. The molecule has 0 aromatic rings. The van der Waals surface area contributed by atoms with Crippen LogP contribution in [0.3, 0.4) is 0 Å². The van der Waals surface area contributed by atoms with E-state index in [2.05, 4.69) is 12.2 Å². The van der Waals surface area contributed by atoms with Gasteiger partial charge in [-0.05, 0) is 19.8 Å². The fourth-order valence-electron chi connectivity index (χ4n) is 1.39. The predicted molar refractivity (Wildman–Crippen MR) is 46.9 cm³/mol. The Labute approximate surface area is 73.5 Å². The van der Waals surface area contributed by atoms with E-state index in [4.69, 9.17) is 4.74 Å². The predicted octanol–water partition coefficient (Wildman–Crippen LogP) is 1.08. The fraction of sp³-hybridized carbons (Fsp3) is 0.889. The largest absolute Gasteiger partial charge is 0.373 e. The first-order valence-corrected chi connectivity index (χ1v) is 4.57. The Bertz CT molecular complexity index is 162. The van der Waals surface area contributed by atoms with Crippen molar-refractivity contribution in [3.8, 4) is 0 Å². The molecule has 1 rings (SSSR count). The van der Waals surface area contributed by atoms with Gasteiger partial charge in [0.25, 0.3) is 0 Å². The number of rotatable bonds is 3. The highest BCUT2D eigenvalue weighted by Gasteiger charge is 2.29.